The van der Waals surface area contributed by atoms with E-state index in [4.69, 9.17) is 9.47 Å². The first-order valence-corrected chi connectivity index (χ1v) is 10.2. The summed E-state index contributed by atoms with van der Waals surface area (Å²) in [5, 5.41) is 6.92. The van der Waals surface area contributed by atoms with Gasteiger partial charge in [-0.05, 0) is 53.7 Å². The SMILES string of the molecule is CCOC(=O)n1nc2c(c1NC(=O)c1ccccc1F)CN(C(=O)OC(C)(C)C)C2(C)C. The molecule has 0 radical (unpaired) electrons. The van der Waals surface area contributed by atoms with Gasteiger partial charge in [0.15, 0.2) is 0 Å². The quantitative estimate of drug-likeness (QED) is 0.756. The molecule has 2 aromatic rings. The van der Waals surface area contributed by atoms with Crippen LogP contribution in [0.3, 0.4) is 0 Å². The van der Waals surface area contributed by atoms with Crippen LogP contribution in [-0.2, 0) is 21.6 Å². The zero-order chi connectivity index (χ0) is 23.8. The molecule has 0 saturated heterocycles. The summed E-state index contributed by atoms with van der Waals surface area (Å²) in [7, 11) is 0. The van der Waals surface area contributed by atoms with Crippen LogP contribution in [0.4, 0.5) is 19.8 Å². The Morgan fingerprint density at radius 1 is 1.19 bits per heavy atom. The molecule has 1 aliphatic heterocycles. The lowest BCUT2D eigenvalue weighted by atomic mass is 10.0. The number of carbonyl (C=O) groups excluding carboxylic acids is 3. The Labute approximate surface area is 185 Å². The van der Waals surface area contributed by atoms with Gasteiger partial charge in [-0.15, -0.1) is 4.68 Å². The molecule has 9 nitrogen and oxygen atoms in total. The monoisotopic (exact) mass is 446 g/mol. The molecule has 0 unspecified atom stereocenters. The van der Waals surface area contributed by atoms with Crippen molar-refractivity contribution in [2.24, 2.45) is 0 Å². The number of rotatable bonds is 3. The van der Waals surface area contributed by atoms with E-state index in [-0.39, 0.29) is 24.5 Å². The van der Waals surface area contributed by atoms with Gasteiger partial charge < -0.3 is 14.8 Å². The number of anilines is 1. The van der Waals surface area contributed by atoms with Gasteiger partial charge >= 0.3 is 12.2 Å². The zero-order valence-electron chi connectivity index (χ0n) is 19.0. The van der Waals surface area contributed by atoms with Crippen molar-refractivity contribution in [2.45, 2.75) is 59.2 Å². The van der Waals surface area contributed by atoms with Crippen LogP contribution in [-0.4, -0.2) is 45.0 Å². The van der Waals surface area contributed by atoms with Gasteiger partial charge in [-0.3, -0.25) is 9.69 Å². The molecule has 1 aliphatic rings. The minimum absolute atomic E-state index is 0.0193. The van der Waals surface area contributed by atoms with Crippen molar-refractivity contribution in [3.05, 3.63) is 46.9 Å². The van der Waals surface area contributed by atoms with E-state index in [1.54, 1.807) is 41.5 Å². The third-order valence-corrected chi connectivity index (χ3v) is 4.96. The van der Waals surface area contributed by atoms with Crippen molar-refractivity contribution in [2.75, 3.05) is 11.9 Å². The predicted molar refractivity (Wildman–Crippen MR) is 114 cm³/mol. The standard InChI is InChI=1S/C22H27FN4O5/c1-7-31-20(30)27-17(24-18(28)13-10-8-9-11-15(13)23)14-12-26(19(29)32-21(2,3)4)22(5,6)16(14)25-27/h8-11H,7,12H2,1-6H3,(H,24,28). The van der Waals surface area contributed by atoms with Gasteiger partial charge in [0.25, 0.3) is 5.91 Å². The van der Waals surface area contributed by atoms with E-state index in [0.717, 1.165) is 10.7 Å². The highest BCUT2D eigenvalue weighted by Gasteiger charge is 2.47. The lowest BCUT2D eigenvalue weighted by Crippen LogP contribution is -2.44. The summed E-state index contributed by atoms with van der Waals surface area (Å²) in [5.41, 5.74) is -0.995. The van der Waals surface area contributed by atoms with Crippen LogP contribution in [0, 0.1) is 5.82 Å². The lowest BCUT2D eigenvalue weighted by Gasteiger charge is -2.33. The Kier molecular flexibility index (Phi) is 5.99. The molecule has 10 heteroatoms. The number of aromatic nitrogens is 2. The number of carbonyl (C=O) groups is 3. The van der Waals surface area contributed by atoms with E-state index in [2.05, 4.69) is 10.4 Å². The van der Waals surface area contributed by atoms with Crippen LogP contribution >= 0.6 is 0 Å². The molecule has 0 spiro atoms. The number of nitrogens with zero attached hydrogens (tertiary/aromatic N) is 3. The second kappa shape index (κ2) is 8.25. The highest BCUT2D eigenvalue weighted by molar-refractivity contribution is 6.05. The zero-order valence-corrected chi connectivity index (χ0v) is 19.0. The van der Waals surface area contributed by atoms with Gasteiger partial charge in [-0.1, -0.05) is 12.1 Å². The Hall–Kier alpha value is -3.43. The third kappa shape index (κ3) is 4.30. The molecule has 32 heavy (non-hydrogen) atoms. The van der Waals surface area contributed by atoms with Crippen LogP contribution in [0.15, 0.2) is 24.3 Å². The van der Waals surface area contributed by atoms with E-state index in [1.807, 2.05) is 0 Å². The van der Waals surface area contributed by atoms with Gasteiger partial charge in [-0.2, -0.15) is 5.10 Å². The van der Waals surface area contributed by atoms with Crippen molar-refractivity contribution in [1.82, 2.24) is 14.7 Å². The first-order chi connectivity index (χ1) is 14.9. The highest BCUT2D eigenvalue weighted by Crippen LogP contribution is 2.42. The maximum atomic E-state index is 14.1. The molecule has 1 N–H and O–H groups in total. The number of hydrogen-bond donors (Lipinski definition) is 1. The summed E-state index contributed by atoms with van der Waals surface area (Å²) in [4.78, 5) is 39.6. The first-order valence-electron chi connectivity index (χ1n) is 10.2. The Balaban J connectivity index is 2.03. The average Bonchev–Trinajstić information content (AvgIpc) is 3.16. The van der Waals surface area contributed by atoms with Crippen LogP contribution < -0.4 is 5.32 Å². The van der Waals surface area contributed by atoms with E-state index < -0.39 is 35.1 Å². The molecule has 0 aliphatic carbocycles. The summed E-state index contributed by atoms with van der Waals surface area (Å²) in [6.07, 6.45) is -1.36. The third-order valence-electron chi connectivity index (χ3n) is 4.96. The number of hydrogen-bond acceptors (Lipinski definition) is 6. The Morgan fingerprint density at radius 2 is 1.84 bits per heavy atom. The molecule has 172 valence electrons. The summed E-state index contributed by atoms with van der Waals surface area (Å²) < 4.78 is 25.6. The minimum atomic E-state index is -0.938. The maximum Gasteiger partial charge on any atom is 0.436 e. The Bertz CT molecular complexity index is 1070. The molecule has 3 rings (SSSR count). The molecule has 0 fully saturated rings. The van der Waals surface area contributed by atoms with Gasteiger partial charge in [0.05, 0.1) is 29.9 Å². The van der Waals surface area contributed by atoms with E-state index >= 15 is 0 Å². The largest absolute Gasteiger partial charge is 0.448 e. The number of halogens is 1. The molecule has 0 bridgehead atoms. The van der Waals surface area contributed by atoms with Crippen molar-refractivity contribution in [1.29, 1.82) is 0 Å². The van der Waals surface area contributed by atoms with E-state index in [0.29, 0.717) is 11.3 Å². The topological polar surface area (TPSA) is 103 Å². The molecule has 1 aromatic heterocycles. The average molecular weight is 446 g/mol. The van der Waals surface area contributed by atoms with Gasteiger partial charge in [0.2, 0.25) is 0 Å². The first kappa shape index (κ1) is 23.2. The smallest absolute Gasteiger partial charge is 0.436 e. The lowest BCUT2D eigenvalue weighted by molar-refractivity contribution is 0.00442. The summed E-state index contributed by atoms with van der Waals surface area (Å²) in [6, 6.07) is 5.48. The van der Waals surface area contributed by atoms with Gasteiger partial charge in [-0.25, -0.2) is 14.0 Å². The van der Waals surface area contributed by atoms with Crippen LogP contribution in [0.25, 0.3) is 0 Å². The normalized spacial score (nSPS) is 14.7. The number of nitrogens with one attached hydrogen (secondary N) is 1. The molecular formula is C22H27FN4O5. The van der Waals surface area contributed by atoms with Crippen molar-refractivity contribution in [3.63, 3.8) is 0 Å². The number of fused-ring (bicyclic) bond motifs is 1. The summed E-state index contributed by atoms with van der Waals surface area (Å²) in [6.45, 7) is 10.6. The summed E-state index contributed by atoms with van der Waals surface area (Å²) >= 11 is 0. The fraction of sp³-hybridized carbons (Fsp3) is 0.455. The number of amides is 2. The van der Waals surface area contributed by atoms with Crippen molar-refractivity contribution in [3.8, 4) is 0 Å². The van der Waals surface area contributed by atoms with E-state index in [1.165, 1.54) is 23.1 Å². The molecule has 2 amide bonds. The highest BCUT2D eigenvalue weighted by atomic mass is 19.1. The number of ether oxygens (including phenoxy) is 2. The second-order valence-corrected chi connectivity index (χ2v) is 8.85. The number of benzene rings is 1. The second-order valence-electron chi connectivity index (χ2n) is 8.85. The molecular weight excluding hydrogens is 419 g/mol. The fourth-order valence-corrected chi connectivity index (χ4v) is 3.45. The van der Waals surface area contributed by atoms with E-state index in [9.17, 15) is 18.8 Å². The fourth-order valence-electron chi connectivity index (χ4n) is 3.45. The summed E-state index contributed by atoms with van der Waals surface area (Å²) in [5.74, 6) is -1.45. The molecule has 0 atom stereocenters. The van der Waals surface area contributed by atoms with Crippen molar-refractivity contribution < 1.29 is 28.2 Å². The predicted octanol–water partition coefficient (Wildman–Crippen LogP) is 4.26. The van der Waals surface area contributed by atoms with Crippen LogP contribution in [0.1, 0.15) is 63.2 Å². The molecule has 2 heterocycles. The molecule has 1 aromatic carbocycles. The minimum Gasteiger partial charge on any atom is -0.448 e. The van der Waals surface area contributed by atoms with Crippen LogP contribution in [0.5, 0.6) is 0 Å². The Morgan fingerprint density at radius 3 is 2.44 bits per heavy atom. The van der Waals surface area contributed by atoms with Gasteiger partial charge in [0, 0.05) is 5.56 Å². The van der Waals surface area contributed by atoms with Crippen molar-refractivity contribution >= 4 is 23.9 Å². The van der Waals surface area contributed by atoms with Crippen LogP contribution in [0.2, 0.25) is 0 Å². The van der Waals surface area contributed by atoms with Gasteiger partial charge in [0.1, 0.15) is 17.2 Å². The molecule has 0 saturated carbocycles. The maximum absolute atomic E-state index is 14.1.